The number of nitrogens with zero attached hydrogens (tertiary/aromatic N) is 1. The monoisotopic (exact) mass is 420 g/mol. The first kappa shape index (κ1) is 22.2. The number of piperidine rings is 1. The highest BCUT2D eigenvalue weighted by Crippen LogP contribution is 2.38. The van der Waals surface area contributed by atoms with Crippen LogP contribution in [-0.4, -0.2) is 39.8 Å². The van der Waals surface area contributed by atoms with Gasteiger partial charge in [-0.15, -0.1) is 0 Å². The maximum Gasteiger partial charge on any atom is 0.255 e. The van der Waals surface area contributed by atoms with Gasteiger partial charge in [0.2, 0.25) is 0 Å². The summed E-state index contributed by atoms with van der Waals surface area (Å²) in [6, 6.07) is 1.80. The third-order valence-corrected chi connectivity index (χ3v) is 6.86. The number of halogens is 3. The second-order valence-electron chi connectivity index (χ2n) is 7.54. The maximum absolute atomic E-state index is 14.0. The highest BCUT2D eigenvalue weighted by molar-refractivity contribution is 7.82. The Bertz CT molecular complexity index is 707. The number of benzene rings is 1. The number of carbonyl (C=O) groups excluding carboxylic acids is 1. The lowest BCUT2D eigenvalue weighted by molar-refractivity contribution is 0.0856. The van der Waals surface area contributed by atoms with E-state index in [0.29, 0.717) is 31.3 Å². The molecule has 4 nitrogen and oxygen atoms in total. The van der Waals surface area contributed by atoms with Gasteiger partial charge in [-0.05, 0) is 42.7 Å². The van der Waals surface area contributed by atoms with Gasteiger partial charge in [0.05, 0.1) is 21.6 Å². The van der Waals surface area contributed by atoms with Crippen molar-refractivity contribution in [2.24, 2.45) is 11.3 Å². The van der Waals surface area contributed by atoms with Crippen molar-refractivity contribution in [1.29, 1.82) is 0 Å². The molecule has 152 valence electrons. The van der Waals surface area contributed by atoms with Gasteiger partial charge >= 0.3 is 0 Å². The second-order valence-corrected chi connectivity index (χ2v) is 9.65. The molecule has 1 aliphatic heterocycles. The fourth-order valence-corrected chi connectivity index (χ4v) is 4.95. The van der Waals surface area contributed by atoms with Crippen LogP contribution >= 0.6 is 11.6 Å². The van der Waals surface area contributed by atoms with Crippen molar-refractivity contribution in [2.45, 2.75) is 40.0 Å². The summed E-state index contributed by atoms with van der Waals surface area (Å²) in [4.78, 5) is 12.5. The van der Waals surface area contributed by atoms with Crippen molar-refractivity contribution in [3.63, 3.8) is 0 Å². The molecule has 0 radical (unpaired) electrons. The SMILES string of the molecule is CCS(=O)N1CCC(CNC(=O)c2c(F)ccc(F)c2Cl)(CC(C)C)CC1. The van der Waals surface area contributed by atoms with Gasteiger partial charge in [-0.2, -0.15) is 0 Å². The Morgan fingerprint density at radius 2 is 1.89 bits per heavy atom. The van der Waals surface area contributed by atoms with Crippen LogP contribution < -0.4 is 5.32 Å². The Kier molecular flexibility index (Phi) is 7.77. The van der Waals surface area contributed by atoms with Crippen molar-refractivity contribution >= 4 is 28.5 Å². The minimum atomic E-state index is -0.973. The van der Waals surface area contributed by atoms with Crippen LogP contribution in [-0.2, 0) is 11.0 Å². The first-order valence-electron chi connectivity index (χ1n) is 9.24. The summed E-state index contributed by atoms with van der Waals surface area (Å²) < 4.78 is 41.6. The molecular weight excluding hydrogens is 394 g/mol. The van der Waals surface area contributed by atoms with Crippen molar-refractivity contribution in [2.75, 3.05) is 25.4 Å². The van der Waals surface area contributed by atoms with Gasteiger partial charge in [0.15, 0.2) is 0 Å². The average Bonchev–Trinajstić information content (AvgIpc) is 2.63. The van der Waals surface area contributed by atoms with Crippen LogP contribution in [0.2, 0.25) is 5.02 Å². The lowest BCUT2D eigenvalue weighted by atomic mass is 9.73. The summed E-state index contributed by atoms with van der Waals surface area (Å²) in [5.74, 6) is -1.37. The first-order chi connectivity index (χ1) is 12.7. The zero-order valence-corrected chi connectivity index (χ0v) is 17.6. The molecule has 1 aromatic rings. The molecule has 27 heavy (non-hydrogen) atoms. The van der Waals surface area contributed by atoms with Crippen LogP contribution in [0.3, 0.4) is 0 Å². The minimum Gasteiger partial charge on any atom is -0.351 e. The number of hydrogen-bond acceptors (Lipinski definition) is 2. The topological polar surface area (TPSA) is 49.4 Å². The highest BCUT2D eigenvalue weighted by Gasteiger charge is 2.37. The van der Waals surface area contributed by atoms with Gasteiger partial charge < -0.3 is 5.32 Å². The lowest BCUT2D eigenvalue weighted by Crippen LogP contribution is -2.47. The van der Waals surface area contributed by atoms with E-state index in [0.717, 1.165) is 31.4 Å². The van der Waals surface area contributed by atoms with Gasteiger partial charge in [0, 0.05) is 25.4 Å². The molecule has 1 aliphatic rings. The minimum absolute atomic E-state index is 0.158. The summed E-state index contributed by atoms with van der Waals surface area (Å²) in [5.41, 5.74) is -0.616. The Morgan fingerprint density at radius 3 is 2.44 bits per heavy atom. The van der Waals surface area contributed by atoms with E-state index in [-0.39, 0.29) is 5.41 Å². The number of carbonyl (C=O) groups is 1. The van der Waals surface area contributed by atoms with Gasteiger partial charge in [0.1, 0.15) is 11.6 Å². The van der Waals surface area contributed by atoms with Crippen LogP contribution in [0.25, 0.3) is 0 Å². The lowest BCUT2D eigenvalue weighted by Gasteiger charge is -2.42. The van der Waals surface area contributed by atoms with E-state index in [9.17, 15) is 17.8 Å². The molecule has 2 rings (SSSR count). The Balaban J connectivity index is 2.11. The molecule has 1 saturated heterocycles. The molecule has 0 bridgehead atoms. The predicted molar refractivity (Wildman–Crippen MR) is 105 cm³/mol. The first-order valence-corrected chi connectivity index (χ1v) is 10.9. The molecule has 1 heterocycles. The predicted octanol–water partition coefficient (Wildman–Crippen LogP) is 4.16. The third-order valence-electron chi connectivity index (χ3n) is 5.05. The third kappa shape index (κ3) is 5.48. The van der Waals surface area contributed by atoms with Crippen molar-refractivity contribution in [1.82, 2.24) is 9.62 Å². The Morgan fingerprint density at radius 1 is 1.30 bits per heavy atom. The van der Waals surface area contributed by atoms with Gasteiger partial charge in [-0.1, -0.05) is 32.4 Å². The quantitative estimate of drug-likeness (QED) is 0.673. The molecule has 0 spiro atoms. The molecule has 0 saturated carbocycles. The molecule has 1 amide bonds. The maximum atomic E-state index is 14.0. The van der Waals surface area contributed by atoms with E-state index >= 15 is 0 Å². The van der Waals surface area contributed by atoms with E-state index in [2.05, 4.69) is 19.2 Å². The van der Waals surface area contributed by atoms with Crippen LogP contribution in [0, 0.1) is 23.0 Å². The largest absolute Gasteiger partial charge is 0.351 e. The summed E-state index contributed by atoms with van der Waals surface area (Å²) >= 11 is 5.79. The summed E-state index contributed by atoms with van der Waals surface area (Å²) in [6.45, 7) is 7.86. The molecule has 8 heteroatoms. The molecular formula is C19H27ClF2N2O2S. The van der Waals surface area contributed by atoms with Crippen molar-refractivity contribution < 1.29 is 17.8 Å². The van der Waals surface area contributed by atoms with Crippen molar-refractivity contribution in [3.8, 4) is 0 Å². The fraction of sp³-hybridized carbons (Fsp3) is 0.632. The standard InChI is InChI=1S/C19H27ClF2N2O2S/c1-4-27(26)24-9-7-19(8-10-24,11-13(2)3)12-23-18(25)16-14(21)5-6-15(22)17(16)20/h5-6,13H,4,7-12H2,1-3H3,(H,23,25). The number of amides is 1. The van der Waals surface area contributed by atoms with Crippen molar-refractivity contribution in [3.05, 3.63) is 34.4 Å². The van der Waals surface area contributed by atoms with Crippen LogP contribution in [0.1, 0.15) is 50.4 Å². The summed E-state index contributed by atoms with van der Waals surface area (Å²) in [5, 5.41) is 2.26. The van der Waals surface area contributed by atoms with E-state index in [1.165, 1.54) is 0 Å². The highest BCUT2D eigenvalue weighted by atomic mass is 35.5. The van der Waals surface area contributed by atoms with Gasteiger partial charge in [0.25, 0.3) is 5.91 Å². The molecule has 1 N–H and O–H groups in total. The van der Waals surface area contributed by atoms with E-state index in [4.69, 9.17) is 11.6 Å². The number of nitrogens with one attached hydrogen (secondary N) is 1. The van der Waals surface area contributed by atoms with Crippen LogP contribution in [0.15, 0.2) is 12.1 Å². The Hall–Kier alpha value is -1.05. The van der Waals surface area contributed by atoms with E-state index in [1.807, 2.05) is 11.2 Å². The van der Waals surface area contributed by atoms with Crippen LogP contribution in [0.5, 0.6) is 0 Å². The normalized spacial score (nSPS) is 18.5. The molecule has 0 aliphatic carbocycles. The molecule has 1 atom stereocenters. The van der Waals surface area contributed by atoms with Gasteiger partial charge in [-0.25, -0.2) is 17.3 Å². The molecule has 0 aromatic heterocycles. The number of hydrogen-bond donors (Lipinski definition) is 1. The molecule has 1 aromatic carbocycles. The molecule has 1 fully saturated rings. The zero-order chi connectivity index (χ0) is 20.2. The number of rotatable bonds is 7. The second kappa shape index (κ2) is 9.43. The van der Waals surface area contributed by atoms with Crippen LogP contribution in [0.4, 0.5) is 8.78 Å². The van der Waals surface area contributed by atoms with Gasteiger partial charge in [-0.3, -0.25) is 4.79 Å². The zero-order valence-electron chi connectivity index (χ0n) is 16.0. The summed E-state index contributed by atoms with van der Waals surface area (Å²) in [7, 11) is -0.973. The average molecular weight is 421 g/mol. The molecule has 1 unspecified atom stereocenters. The fourth-order valence-electron chi connectivity index (χ4n) is 3.76. The summed E-state index contributed by atoms with van der Waals surface area (Å²) in [6.07, 6.45) is 2.46. The Labute approximate surface area is 167 Å². The smallest absolute Gasteiger partial charge is 0.255 e. The van der Waals surface area contributed by atoms with E-state index in [1.54, 1.807) is 0 Å². The van der Waals surface area contributed by atoms with E-state index < -0.39 is 39.1 Å².